The second-order valence-electron chi connectivity index (χ2n) is 5.02. The van der Waals surface area contributed by atoms with Gasteiger partial charge in [-0.2, -0.15) is 0 Å². The molecule has 0 atom stereocenters. The summed E-state index contributed by atoms with van der Waals surface area (Å²) >= 11 is 6.94. The number of rotatable bonds is 4. The first-order chi connectivity index (χ1) is 10.2. The van der Waals surface area contributed by atoms with E-state index in [1.807, 2.05) is 17.0 Å². The highest BCUT2D eigenvalue weighted by Crippen LogP contribution is 2.24. The molecule has 1 aliphatic rings. The van der Waals surface area contributed by atoms with Crippen LogP contribution < -0.4 is 4.74 Å². The molecule has 1 aromatic carbocycles. The van der Waals surface area contributed by atoms with E-state index in [0.717, 1.165) is 48.9 Å². The molecular formula is C15H20Br2N2O2. The summed E-state index contributed by atoms with van der Waals surface area (Å²) in [6, 6.07) is 5.51. The van der Waals surface area contributed by atoms with Crippen LogP contribution in [0.2, 0.25) is 0 Å². The van der Waals surface area contributed by atoms with Gasteiger partial charge in [0.25, 0.3) is 5.91 Å². The predicted molar refractivity (Wildman–Crippen MR) is 91.4 cm³/mol. The Morgan fingerprint density at radius 3 is 2.81 bits per heavy atom. The number of amides is 1. The number of ether oxygens (including phenoxy) is 1. The monoisotopic (exact) mass is 418 g/mol. The minimum Gasteiger partial charge on any atom is -0.497 e. The van der Waals surface area contributed by atoms with Crippen molar-refractivity contribution in [2.75, 3.05) is 45.2 Å². The summed E-state index contributed by atoms with van der Waals surface area (Å²) in [7, 11) is 1.61. The molecule has 4 nitrogen and oxygen atoms in total. The van der Waals surface area contributed by atoms with E-state index in [4.69, 9.17) is 4.74 Å². The first-order valence-electron chi connectivity index (χ1n) is 7.07. The quantitative estimate of drug-likeness (QED) is 0.703. The van der Waals surface area contributed by atoms with Crippen LogP contribution in [0.25, 0.3) is 0 Å². The summed E-state index contributed by atoms with van der Waals surface area (Å²) < 4.78 is 6.03. The van der Waals surface area contributed by atoms with Gasteiger partial charge in [-0.25, -0.2) is 0 Å². The summed E-state index contributed by atoms with van der Waals surface area (Å²) in [6.45, 7) is 4.59. The Balaban J connectivity index is 2.09. The molecular weight excluding hydrogens is 400 g/mol. The first kappa shape index (κ1) is 16.8. The third-order valence-corrected chi connectivity index (χ3v) is 4.73. The molecule has 0 N–H and O–H groups in total. The van der Waals surface area contributed by atoms with Crippen molar-refractivity contribution in [2.45, 2.75) is 6.42 Å². The maximum absolute atomic E-state index is 12.7. The van der Waals surface area contributed by atoms with E-state index in [-0.39, 0.29) is 5.91 Å². The average molecular weight is 420 g/mol. The topological polar surface area (TPSA) is 32.8 Å². The standard InChI is InChI=1S/C15H20Br2N2O2/c1-21-12-3-4-14(17)13(11-12)15(20)19-7-2-6-18(8-5-16)9-10-19/h3-4,11H,2,5-10H2,1H3. The van der Waals surface area contributed by atoms with Crippen LogP contribution in [0.3, 0.4) is 0 Å². The van der Waals surface area contributed by atoms with E-state index in [1.165, 1.54) is 0 Å². The molecule has 1 saturated heterocycles. The number of methoxy groups -OCH3 is 1. The fraction of sp³-hybridized carbons (Fsp3) is 0.533. The Morgan fingerprint density at radius 2 is 2.10 bits per heavy atom. The van der Waals surface area contributed by atoms with Gasteiger partial charge in [0.15, 0.2) is 0 Å². The summed E-state index contributed by atoms with van der Waals surface area (Å²) in [5.74, 6) is 0.777. The molecule has 21 heavy (non-hydrogen) atoms. The molecule has 0 spiro atoms. The normalized spacial score (nSPS) is 16.6. The van der Waals surface area contributed by atoms with Crippen molar-refractivity contribution in [3.05, 3.63) is 28.2 Å². The lowest BCUT2D eigenvalue weighted by Gasteiger charge is -2.22. The molecule has 0 radical (unpaired) electrons. The number of hydrogen-bond acceptors (Lipinski definition) is 3. The van der Waals surface area contributed by atoms with Crippen LogP contribution in [0, 0.1) is 0 Å². The van der Waals surface area contributed by atoms with Crippen molar-refractivity contribution in [2.24, 2.45) is 0 Å². The van der Waals surface area contributed by atoms with E-state index >= 15 is 0 Å². The van der Waals surface area contributed by atoms with Gasteiger partial charge in [-0.15, -0.1) is 0 Å². The second kappa shape index (κ2) is 8.15. The fourth-order valence-electron chi connectivity index (χ4n) is 2.48. The van der Waals surface area contributed by atoms with Crippen molar-refractivity contribution in [3.8, 4) is 5.75 Å². The van der Waals surface area contributed by atoms with Crippen molar-refractivity contribution < 1.29 is 9.53 Å². The van der Waals surface area contributed by atoms with Crippen molar-refractivity contribution in [1.29, 1.82) is 0 Å². The second-order valence-corrected chi connectivity index (χ2v) is 6.67. The lowest BCUT2D eigenvalue weighted by molar-refractivity contribution is 0.0760. The SMILES string of the molecule is COc1ccc(Br)c(C(=O)N2CCCN(CCBr)CC2)c1. The van der Waals surface area contributed by atoms with Gasteiger partial charge >= 0.3 is 0 Å². The highest BCUT2D eigenvalue weighted by Gasteiger charge is 2.22. The molecule has 1 heterocycles. The van der Waals surface area contributed by atoms with Crippen LogP contribution in [0.15, 0.2) is 22.7 Å². The zero-order valence-electron chi connectivity index (χ0n) is 12.1. The minimum atomic E-state index is 0.0708. The van der Waals surface area contributed by atoms with Crippen LogP contribution in [-0.2, 0) is 0 Å². The van der Waals surface area contributed by atoms with Crippen molar-refractivity contribution >= 4 is 37.8 Å². The molecule has 116 valence electrons. The number of hydrogen-bond donors (Lipinski definition) is 0. The summed E-state index contributed by atoms with van der Waals surface area (Å²) in [5, 5.41) is 0.975. The van der Waals surface area contributed by atoms with Crippen LogP contribution in [0.1, 0.15) is 16.8 Å². The van der Waals surface area contributed by atoms with E-state index in [2.05, 4.69) is 36.8 Å². The third-order valence-electron chi connectivity index (χ3n) is 3.68. The number of carbonyl (C=O) groups is 1. The largest absolute Gasteiger partial charge is 0.497 e. The third kappa shape index (κ3) is 4.44. The smallest absolute Gasteiger partial charge is 0.255 e. The van der Waals surface area contributed by atoms with Crippen LogP contribution in [-0.4, -0.2) is 60.9 Å². The Morgan fingerprint density at radius 1 is 1.29 bits per heavy atom. The van der Waals surface area contributed by atoms with E-state index in [0.29, 0.717) is 11.3 Å². The zero-order chi connectivity index (χ0) is 15.2. The Kier molecular flexibility index (Phi) is 6.51. The zero-order valence-corrected chi connectivity index (χ0v) is 15.3. The summed E-state index contributed by atoms with van der Waals surface area (Å²) in [5.41, 5.74) is 0.670. The average Bonchev–Trinajstić information content (AvgIpc) is 2.73. The summed E-state index contributed by atoms with van der Waals surface area (Å²) in [4.78, 5) is 17.0. The van der Waals surface area contributed by atoms with Crippen molar-refractivity contribution in [3.63, 3.8) is 0 Å². The molecule has 1 aliphatic heterocycles. The highest BCUT2D eigenvalue weighted by atomic mass is 79.9. The predicted octanol–water partition coefficient (Wildman–Crippen LogP) is 3.00. The van der Waals surface area contributed by atoms with E-state index in [1.54, 1.807) is 13.2 Å². The molecule has 2 rings (SSSR count). The van der Waals surface area contributed by atoms with Gasteiger partial charge in [-0.1, -0.05) is 15.9 Å². The van der Waals surface area contributed by atoms with Gasteiger partial charge in [0.1, 0.15) is 5.75 Å². The molecule has 0 bridgehead atoms. The molecule has 0 aromatic heterocycles. The lowest BCUT2D eigenvalue weighted by Crippen LogP contribution is -2.35. The number of alkyl halides is 1. The molecule has 1 fully saturated rings. The van der Waals surface area contributed by atoms with E-state index in [9.17, 15) is 4.79 Å². The van der Waals surface area contributed by atoms with Crippen molar-refractivity contribution in [1.82, 2.24) is 9.80 Å². The van der Waals surface area contributed by atoms with Crippen LogP contribution in [0.4, 0.5) is 0 Å². The molecule has 0 aliphatic carbocycles. The van der Waals surface area contributed by atoms with Crippen LogP contribution in [0.5, 0.6) is 5.75 Å². The fourth-order valence-corrected chi connectivity index (χ4v) is 3.40. The maximum atomic E-state index is 12.7. The summed E-state index contributed by atoms with van der Waals surface area (Å²) in [6.07, 6.45) is 1.01. The highest BCUT2D eigenvalue weighted by molar-refractivity contribution is 9.10. The number of benzene rings is 1. The van der Waals surface area contributed by atoms with Gasteiger partial charge in [0.2, 0.25) is 0 Å². The van der Waals surface area contributed by atoms with Gasteiger partial charge in [-0.3, -0.25) is 4.79 Å². The molecule has 6 heteroatoms. The Bertz CT molecular complexity index is 497. The Labute approximate surface area is 142 Å². The number of carbonyl (C=O) groups excluding carboxylic acids is 1. The van der Waals surface area contributed by atoms with E-state index < -0.39 is 0 Å². The molecule has 0 saturated carbocycles. The van der Waals surface area contributed by atoms with Gasteiger partial charge in [0, 0.05) is 36.0 Å². The molecule has 1 amide bonds. The number of halogens is 2. The van der Waals surface area contributed by atoms with Gasteiger partial charge in [-0.05, 0) is 47.1 Å². The first-order valence-corrected chi connectivity index (χ1v) is 8.98. The molecule has 1 aromatic rings. The molecule has 0 unspecified atom stereocenters. The Hall–Kier alpha value is -0.590. The lowest BCUT2D eigenvalue weighted by atomic mass is 10.2. The van der Waals surface area contributed by atoms with Crippen LogP contribution >= 0.6 is 31.9 Å². The number of nitrogens with zero attached hydrogens (tertiary/aromatic N) is 2. The van der Waals surface area contributed by atoms with Gasteiger partial charge in [0.05, 0.1) is 12.7 Å². The minimum absolute atomic E-state index is 0.0708. The maximum Gasteiger partial charge on any atom is 0.255 e. The van der Waals surface area contributed by atoms with Gasteiger partial charge < -0.3 is 14.5 Å².